The molecule has 3 aromatic rings. The molecule has 150 valence electrons. The highest BCUT2D eigenvalue weighted by atomic mass is 16.3. The number of rotatable bonds is 3. The maximum Gasteiger partial charge on any atom is 0.255 e. The number of carbonyl (C=O) groups excluding carboxylic acids is 1. The molecular weight excluding hydrogens is 364 g/mol. The van der Waals surface area contributed by atoms with Gasteiger partial charge in [0.25, 0.3) is 5.91 Å². The second kappa shape index (κ2) is 7.26. The molecule has 1 N–H and O–H groups in total. The number of amides is 1. The Hall–Kier alpha value is -2.73. The van der Waals surface area contributed by atoms with Gasteiger partial charge in [0.05, 0.1) is 24.5 Å². The van der Waals surface area contributed by atoms with E-state index in [1.165, 1.54) is 5.56 Å². The highest BCUT2D eigenvalue weighted by Crippen LogP contribution is 2.45. The molecule has 1 saturated heterocycles. The van der Waals surface area contributed by atoms with Crippen LogP contribution < -0.4 is 0 Å². The van der Waals surface area contributed by atoms with Crippen molar-refractivity contribution in [3.63, 3.8) is 0 Å². The molecule has 3 heterocycles. The average molecular weight is 390 g/mol. The Kier molecular flexibility index (Phi) is 4.59. The first-order valence-electron chi connectivity index (χ1n) is 10.5. The number of fused-ring (bicyclic) bond motifs is 1. The van der Waals surface area contributed by atoms with Crippen LogP contribution in [0.2, 0.25) is 0 Å². The number of aliphatic hydroxyl groups is 1. The Labute approximate surface area is 170 Å². The van der Waals surface area contributed by atoms with E-state index in [0.717, 1.165) is 49.8 Å². The number of likely N-dealkylation sites (tertiary alicyclic amines) is 1. The van der Waals surface area contributed by atoms with Gasteiger partial charge < -0.3 is 14.6 Å². The maximum absolute atomic E-state index is 13.2. The van der Waals surface area contributed by atoms with Gasteiger partial charge in [0, 0.05) is 24.7 Å². The van der Waals surface area contributed by atoms with Crippen molar-refractivity contribution in [3.8, 4) is 0 Å². The van der Waals surface area contributed by atoms with Crippen LogP contribution in [0.15, 0.2) is 48.9 Å². The zero-order valence-electron chi connectivity index (χ0n) is 16.5. The Morgan fingerprint density at radius 2 is 2.00 bits per heavy atom. The molecule has 1 aromatic carbocycles. The fraction of sp³-hybridized carbons (Fsp3) is 0.435. The van der Waals surface area contributed by atoms with Crippen molar-refractivity contribution in [1.82, 2.24) is 19.4 Å². The third kappa shape index (κ3) is 3.31. The molecule has 29 heavy (non-hydrogen) atoms. The molecule has 2 aromatic heterocycles. The van der Waals surface area contributed by atoms with E-state index in [0.29, 0.717) is 18.7 Å². The predicted molar refractivity (Wildman–Crippen MR) is 111 cm³/mol. The van der Waals surface area contributed by atoms with Gasteiger partial charge in [-0.05, 0) is 37.3 Å². The van der Waals surface area contributed by atoms with E-state index in [9.17, 15) is 9.90 Å². The predicted octanol–water partition coefficient (Wildman–Crippen LogP) is 3.25. The molecule has 2 aliphatic rings. The van der Waals surface area contributed by atoms with Crippen LogP contribution in [0, 0.1) is 5.41 Å². The third-order valence-electron chi connectivity index (χ3n) is 6.65. The number of nitrogens with zero attached hydrogens (tertiary/aromatic N) is 4. The van der Waals surface area contributed by atoms with Crippen molar-refractivity contribution in [3.05, 3.63) is 60.0 Å². The van der Waals surface area contributed by atoms with Crippen LogP contribution in [0.25, 0.3) is 11.2 Å². The van der Waals surface area contributed by atoms with Crippen LogP contribution in [-0.2, 0) is 6.54 Å². The minimum absolute atomic E-state index is 0.00446. The summed E-state index contributed by atoms with van der Waals surface area (Å²) in [6.07, 6.45) is 8.04. The second-order valence-electron chi connectivity index (χ2n) is 8.53. The quantitative estimate of drug-likeness (QED) is 0.745. The molecule has 6 heteroatoms. The van der Waals surface area contributed by atoms with Crippen molar-refractivity contribution < 1.29 is 9.90 Å². The standard InChI is InChI=1S/C23H26N4O2/c28-20-8-4-9-23(20)10-5-11-26(15-23)22(29)18-12-19-21(24-13-18)27(16-25-19)14-17-6-2-1-3-7-17/h1-3,6-7,12-13,16,20,28H,4-5,8-11,14-15H2/t20-,23+/m1/s1. The van der Waals surface area contributed by atoms with E-state index in [1.807, 2.05) is 33.7 Å². The number of aliphatic hydroxyl groups excluding tert-OH is 1. The summed E-state index contributed by atoms with van der Waals surface area (Å²) in [5.41, 5.74) is 3.17. The average Bonchev–Trinajstić information content (AvgIpc) is 3.31. The van der Waals surface area contributed by atoms with Crippen LogP contribution in [0.1, 0.15) is 48.0 Å². The lowest BCUT2D eigenvalue weighted by Crippen LogP contribution is -2.49. The van der Waals surface area contributed by atoms with Gasteiger partial charge in [0.1, 0.15) is 5.52 Å². The summed E-state index contributed by atoms with van der Waals surface area (Å²) in [5, 5.41) is 10.5. The number of piperidine rings is 1. The van der Waals surface area contributed by atoms with Gasteiger partial charge >= 0.3 is 0 Å². The van der Waals surface area contributed by atoms with E-state index in [-0.39, 0.29) is 17.4 Å². The minimum atomic E-state index is -0.285. The lowest BCUT2D eigenvalue weighted by atomic mass is 9.76. The zero-order valence-corrected chi connectivity index (χ0v) is 16.5. The van der Waals surface area contributed by atoms with Gasteiger partial charge in [-0.2, -0.15) is 0 Å². The van der Waals surface area contributed by atoms with Crippen LogP contribution in [-0.4, -0.2) is 49.6 Å². The van der Waals surface area contributed by atoms with E-state index in [2.05, 4.69) is 22.1 Å². The van der Waals surface area contributed by atoms with Gasteiger partial charge in [0.15, 0.2) is 5.65 Å². The van der Waals surface area contributed by atoms with Crippen LogP contribution in [0.5, 0.6) is 0 Å². The smallest absolute Gasteiger partial charge is 0.255 e. The fourth-order valence-corrected chi connectivity index (χ4v) is 5.07. The maximum atomic E-state index is 13.2. The highest BCUT2D eigenvalue weighted by Gasteiger charge is 2.45. The van der Waals surface area contributed by atoms with E-state index in [1.54, 1.807) is 12.5 Å². The summed E-state index contributed by atoms with van der Waals surface area (Å²) in [7, 11) is 0. The number of aromatic nitrogens is 3. The van der Waals surface area contributed by atoms with E-state index in [4.69, 9.17) is 0 Å². The van der Waals surface area contributed by atoms with E-state index < -0.39 is 0 Å². The van der Waals surface area contributed by atoms with Crippen LogP contribution in [0.3, 0.4) is 0 Å². The molecule has 1 aliphatic carbocycles. The molecule has 1 saturated carbocycles. The number of benzene rings is 1. The summed E-state index contributed by atoms with van der Waals surface area (Å²) in [6.45, 7) is 2.09. The molecule has 0 bridgehead atoms. The van der Waals surface area contributed by atoms with Crippen molar-refractivity contribution in [2.24, 2.45) is 5.41 Å². The molecule has 1 amide bonds. The van der Waals surface area contributed by atoms with Gasteiger partial charge in [-0.1, -0.05) is 36.8 Å². The zero-order chi connectivity index (χ0) is 19.8. The lowest BCUT2D eigenvalue weighted by Gasteiger charge is -2.42. The summed E-state index contributed by atoms with van der Waals surface area (Å²) in [4.78, 5) is 24.1. The van der Waals surface area contributed by atoms with Crippen LogP contribution >= 0.6 is 0 Å². The molecule has 5 rings (SSSR count). The largest absolute Gasteiger partial charge is 0.392 e. The molecule has 0 radical (unpaired) electrons. The van der Waals surface area contributed by atoms with Crippen molar-refractivity contribution >= 4 is 17.1 Å². The molecule has 1 aliphatic heterocycles. The summed E-state index contributed by atoms with van der Waals surface area (Å²) in [5.74, 6) is -0.00446. The Bertz CT molecular complexity index is 1030. The minimum Gasteiger partial charge on any atom is -0.392 e. The Morgan fingerprint density at radius 1 is 1.17 bits per heavy atom. The topological polar surface area (TPSA) is 71.2 Å². The molecule has 2 atom stereocenters. The first kappa shape index (κ1) is 18.3. The van der Waals surface area contributed by atoms with Gasteiger partial charge in [-0.3, -0.25) is 4.79 Å². The van der Waals surface area contributed by atoms with Crippen LogP contribution in [0.4, 0.5) is 0 Å². The van der Waals surface area contributed by atoms with Gasteiger partial charge in [-0.25, -0.2) is 9.97 Å². The monoisotopic (exact) mass is 390 g/mol. The van der Waals surface area contributed by atoms with E-state index >= 15 is 0 Å². The molecular formula is C23H26N4O2. The second-order valence-corrected chi connectivity index (χ2v) is 8.53. The summed E-state index contributed by atoms with van der Waals surface area (Å²) in [6, 6.07) is 12.0. The number of hydrogen-bond acceptors (Lipinski definition) is 4. The first-order chi connectivity index (χ1) is 14.1. The number of hydrogen-bond donors (Lipinski definition) is 1. The normalized spacial score (nSPS) is 24.4. The molecule has 0 unspecified atom stereocenters. The lowest BCUT2D eigenvalue weighted by molar-refractivity contribution is -0.00536. The van der Waals surface area contributed by atoms with Crippen molar-refractivity contribution in [1.29, 1.82) is 0 Å². The van der Waals surface area contributed by atoms with Gasteiger partial charge in [0.2, 0.25) is 0 Å². The fourth-order valence-electron chi connectivity index (χ4n) is 5.07. The number of pyridine rings is 1. The highest BCUT2D eigenvalue weighted by molar-refractivity contribution is 5.96. The Morgan fingerprint density at radius 3 is 2.79 bits per heavy atom. The third-order valence-corrected chi connectivity index (χ3v) is 6.65. The molecule has 2 fully saturated rings. The van der Waals surface area contributed by atoms with Crippen molar-refractivity contribution in [2.75, 3.05) is 13.1 Å². The number of carbonyl (C=O) groups is 1. The SMILES string of the molecule is O=C(c1cnc2c(c1)ncn2Cc1ccccc1)N1CCC[C@@]2(CCC[C@H]2O)C1. The van der Waals surface area contributed by atoms with Crippen molar-refractivity contribution in [2.45, 2.75) is 44.8 Å². The summed E-state index contributed by atoms with van der Waals surface area (Å²) < 4.78 is 2.00. The number of imidazole rings is 1. The summed E-state index contributed by atoms with van der Waals surface area (Å²) >= 11 is 0. The Balaban J connectivity index is 1.37. The molecule has 1 spiro atoms. The first-order valence-corrected chi connectivity index (χ1v) is 10.5. The van der Waals surface area contributed by atoms with Gasteiger partial charge in [-0.15, -0.1) is 0 Å². The molecule has 6 nitrogen and oxygen atoms in total.